The molecule has 0 radical (unpaired) electrons. The van der Waals surface area contributed by atoms with Crippen molar-refractivity contribution in [3.8, 4) is 0 Å². The van der Waals surface area contributed by atoms with Crippen molar-refractivity contribution in [3.05, 3.63) is 58.7 Å². The molecule has 8 heteroatoms. The summed E-state index contributed by atoms with van der Waals surface area (Å²) in [6.07, 6.45) is -3.24. The topological polar surface area (TPSA) is 36.4 Å². The molecule has 1 aromatic carbocycles. The number of hydrogen-bond donors (Lipinski definition) is 0. The molecule has 0 aliphatic carbocycles. The van der Waals surface area contributed by atoms with Crippen molar-refractivity contribution in [2.75, 3.05) is 31.1 Å². The van der Waals surface area contributed by atoms with Crippen LogP contribution in [0.4, 0.5) is 19.0 Å². The van der Waals surface area contributed by atoms with E-state index in [1.165, 1.54) is 0 Å². The summed E-state index contributed by atoms with van der Waals surface area (Å²) >= 11 is 5.82. The van der Waals surface area contributed by atoms with E-state index in [0.717, 1.165) is 18.3 Å². The third kappa shape index (κ3) is 4.04. The maximum Gasteiger partial charge on any atom is 0.416 e. The molecule has 1 aromatic heterocycles. The van der Waals surface area contributed by atoms with Crippen molar-refractivity contribution in [1.29, 1.82) is 0 Å². The minimum absolute atomic E-state index is 0.117. The number of halogens is 4. The van der Waals surface area contributed by atoms with Gasteiger partial charge in [0.2, 0.25) is 0 Å². The smallest absolute Gasteiger partial charge is 0.353 e. The van der Waals surface area contributed by atoms with Gasteiger partial charge in [0.05, 0.1) is 5.56 Å². The number of pyridine rings is 1. The normalized spacial score (nSPS) is 15.4. The number of nitrogens with zero attached hydrogens (tertiary/aromatic N) is 3. The summed E-state index contributed by atoms with van der Waals surface area (Å²) < 4.78 is 38.4. The zero-order chi connectivity index (χ0) is 18.0. The summed E-state index contributed by atoms with van der Waals surface area (Å²) in [7, 11) is 0. The number of anilines is 1. The summed E-state index contributed by atoms with van der Waals surface area (Å²) in [5.41, 5.74) is -0.188. The molecule has 3 rings (SSSR count). The first-order valence-electron chi connectivity index (χ1n) is 7.67. The van der Waals surface area contributed by atoms with E-state index in [1.54, 1.807) is 34.1 Å². The van der Waals surface area contributed by atoms with Gasteiger partial charge < -0.3 is 9.80 Å². The molecule has 0 atom stereocenters. The Bertz CT molecular complexity index is 756. The molecule has 25 heavy (non-hydrogen) atoms. The van der Waals surface area contributed by atoms with E-state index in [9.17, 15) is 18.0 Å². The van der Waals surface area contributed by atoms with Crippen molar-refractivity contribution < 1.29 is 18.0 Å². The highest BCUT2D eigenvalue weighted by molar-refractivity contribution is 6.30. The first-order valence-corrected chi connectivity index (χ1v) is 8.05. The maximum absolute atomic E-state index is 12.8. The van der Waals surface area contributed by atoms with Crippen LogP contribution in [-0.4, -0.2) is 42.0 Å². The Hall–Kier alpha value is -2.28. The number of rotatable bonds is 2. The molecule has 1 aliphatic rings. The van der Waals surface area contributed by atoms with Gasteiger partial charge in [-0.2, -0.15) is 13.2 Å². The van der Waals surface area contributed by atoms with E-state index in [1.807, 2.05) is 0 Å². The standard InChI is InChI=1S/C17H15ClF3N3O/c18-14-3-1-12(2-4-14)16(25)24-9-7-23(8-10-24)15-11-13(5-6-22-15)17(19,20)21/h1-6,11H,7-10H2. The molecule has 0 N–H and O–H groups in total. The number of carbonyl (C=O) groups excluding carboxylic acids is 1. The van der Waals surface area contributed by atoms with Gasteiger partial charge in [-0.15, -0.1) is 0 Å². The number of alkyl halides is 3. The number of amides is 1. The molecule has 0 spiro atoms. The summed E-state index contributed by atoms with van der Waals surface area (Å²) in [6, 6.07) is 8.60. The molecule has 0 saturated carbocycles. The van der Waals surface area contributed by atoms with E-state index in [0.29, 0.717) is 36.8 Å². The highest BCUT2D eigenvalue weighted by atomic mass is 35.5. The van der Waals surface area contributed by atoms with Gasteiger partial charge in [-0.1, -0.05) is 11.6 Å². The van der Waals surface area contributed by atoms with Crippen LogP contribution in [0.25, 0.3) is 0 Å². The Morgan fingerprint density at radius 2 is 1.68 bits per heavy atom. The fourth-order valence-electron chi connectivity index (χ4n) is 2.68. The Morgan fingerprint density at radius 3 is 2.28 bits per heavy atom. The molecule has 1 fully saturated rings. The maximum atomic E-state index is 12.8. The predicted octanol–water partition coefficient (Wildman–Crippen LogP) is 3.72. The van der Waals surface area contributed by atoms with Crippen LogP contribution in [0.2, 0.25) is 5.02 Å². The van der Waals surface area contributed by atoms with E-state index in [2.05, 4.69) is 4.98 Å². The lowest BCUT2D eigenvalue weighted by Crippen LogP contribution is -2.49. The van der Waals surface area contributed by atoms with Gasteiger partial charge in [-0.3, -0.25) is 4.79 Å². The Balaban J connectivity index is 1.66. The van der Waals surface area contributed by atoms with E-state index >= 15 is 0 Å². The first-order chi connectivity index (χ1) is 11.8. The van der Waals surface area contributed by atoms with Gasteiger partial charge in [0.1, 0.15) is 5.82 Å². The Labute approximate surface area is 147 Å². The number of hydrogen-bond acceptors (Lipinski definition) is 3. The van der Waals surface area contributed by atoms with Crippen LogP contribution in [0.3, 0.4) is 0 Å². The zero-order valence-corrected chi connectivity index (χ0v) is 13.9. The van der Waals surface area contributed by atoms with Crippen LogP contribution < -0.4 is 4.90 Å². The number of benzene rings is 1. The summed E-state index contributed by atoms with van der Waals surface area (Å²) in [5, 5.41) is 0.553. The molecule has 1 amide bonds. The molecule has 0 unspecified atom stereocenters. The van der Waals surface area contributed by atoms with Gasteiger partial charge in [-0.25, -0.2) is 4.98 Å². The summed E-state index contributed by atoms with van der Waals surface area (Å²) in [4.78, 5) is 19.9. The predicted molar refractivity (Wildman–Crippen MR) is 88.8 cm³/mol. The molecule has 4 nitrogen and oxygen atoms in total. The van der Waals surface area contributed by atoms with Gasteiger partial charge >= 0.3 is 6.18 Å². The monoisotopic (exact) mass is 369 g/mol. The first kappa shape index (κ1) is 17.5. The van der Waals surface area contributed by atoms with Gasteiger partial charge in [0.25, 0.3) is 5.91 Å². The van der Waals surface area contributed by atoms with E-state index in [-0.39, 0.29) is 11.7 Å². The van der Waals surface area contributed by atoms with Crippen LogP contribution in [0.1, 0.15) is 15.9 Å². The van der Waals surface area contributed by atoms with Gasteiger partial charge in [0.15, 0.2) is 0 Å². The molecule has 0 bridgehead atoms. The lowest BCUT2D eigenvalue weighted by molar-refractivity contribution is -0.137. The number of aromatic nitrogens is 1. The minimum Gasteiger partial charge on any atom is -0.353 e. The van der Waals surface area contributed by atoms with Crippen molar-refractivity contribution in [3.63, 3.8) is 0 Å². The van der Waals surface area contributed by atoms with Crippen LogP contribution in [0.15, 0.2) is 42.6 Å². The summed E-state index contributed by atoms with van der Waals surface area (Å²) in [5.74, 6) is 0.154. The Morgan fingerprint density at radius 1 is 1.04 bits per heavy atom. The highest BCUT2D eigenvalue weighted by Crippen LogP contribution is 2.31. The second-order valence-corrected chi connectivity index (χ2v) is 6.12. The number of carbonyl (C=O) groups is 1. The molecule has 1 aliphatic heterocycles. The number of piperazine rings is 1. The third-order valence-electron chi connectivity index (χ3n) is 4.05. The quantitative estimate of drug-likeness (QED) is 0.809. The van der Waals surface area contributed by atoms with Crippen LogP contribution in [-0.2, 0) is 6.18 Å². The molecular weight excluding hydrogens is 355 g/mol. The second kappa shape index (κ2) is 6.92. The van der Waals surface area contributed by atoms with Crippen molar-refractivity contribution in [2.24, 2.45) is 0 Å². The van der Waals surface area contributed by atoms with Crippen molar-refractivity contribution in [2.45, 2.75) is 6.18 Å². The fraction of sp³-hybridized carbons (Fsp3) is 0.294. The SMILES string of the molecule is O=C(c1ccc(Cl)cc1)N1CCN(c2cc(C(F)(F)F)ccn2)CC1. The van der Waals surface area contributed by atoms with Crippen LogP contribution in [0.5, 0.6) is 0 Å². The molecular formula is C17H15ClF3N3O. The molecule has 2 heterocycles. The molecule has 1 saturated heterocycles. The fourth-order valence-corrected chi connectivity index (χ4v) is 2.81. The second-order valence-electron chi connectivity index (χ2n) is 5.69. The molecule has 132 valence electrons. The largest absolute Gasteiger partial charge is 0.416 e. The van der Waals surface area contributed by atoms with Crippen LogP contribution >= 0.6 is 11.6 Å². The highest BCUT2D eigenvalue weighted by Gasteiger charge is 2.31. The summed E-state index contributed by atoms with van der Waals surface area (Å²) in [6.45, 7) is 1.68. The van der Waals surface area contributed by atoms with Crippen molar-refractivity contribution in [1.82, 2.24) is 9.88 Å². The van der Waals surface area contributed by atoms with Gasteiger partial charge in [0, 0.05) is 43.0 Å². The average Bonchev–Trinajstić information content (AvgIpc) is 2.61. The van der Waals surface area contributed by atoms with E-state index in [4.69, 9.17) is 11.6 Å². The lowest BCUT2D eigenvalue weighted by Gasteiger charge is -2.35. The lowest BCUT2D eigenvalue weighted by atomic mass is 10.1. The van der Waals surface area contributed by atoms with Crippen molar-refractivity contribution >= 4 is 23.3 Å². The van der Waals surface area contributed by atoms with E-state index < -0.39 is 11.7 Å². The van der Waals surface area contributed by atoms with Crippen LogP contribution in [0, 0.1) is 0 Å². The van der Waals surface area contributed by atoms with Gasteiger partial charge in [-0.05, 0) is 36.4 Å². The minimum atomic E-state index is -4.40. The Kier molecular flexibility index (Phi) is 4.85. The average molecular weight is 370 g/mol. The molecule has 2 aromatic rings. The zero-order valence-electron chi connectivity index (χ0n) is 13.1. The third-order valence-corrected chi connectivity index (χ3v) is 4.31.